The van der Waals surface area contributed by atoms with Gasteiger partial charge in [0.25, 0.3) is 0 Å². The Hall–Kier alpha value is -0.520. The number of hydrogen-bond acceptors (Lipinski definition) is 0. The monoisotopic (exact) mass is 218 g/mol. The Kier molecular flexibility index (Phi) is 4.69. The molecular formula is C16H26. The van der Waals surface area contributed by atoms with Crippen LogP contribution in [-0.4, -0.2) is 0 Å². The third-order valence-electron chi connectivity index (χ3n) is 4.46. The normalized spacial score (nSPS) is 24.0. The Morgan fingerprint density at radius 1 is 0.750 bits per heavy atom. The van der Waals surface area contributed by atoms with Crippen LogP contribution in [0.3, 0.4) is 0 Å². The Balaban J connectivity index is 2.02. The second-order valence-corrected chi connectivity index (χ2v) is 5.57. The van der Waals surface area contributed by atoms with Crippen molar-refractivity contribution in [2.45, 2.75) is 64.2 Å². The van der Waals surface area contributed by atoms with Crippen molar-refractivity contribution in [2.75, 3.05) is 0 Å². The molecule has 16 heavy (non-hydrogen) atoms. The average molecular weight is 218 g/mol. The minimum absolute atomic E-state index is 0.898. The van der Waals surface area contributed by atoms with Crippen molar-refractivity contribution in [1.29, 1.82) is 0 Å². The molecule has 0 nitrogen and oxygen atoms in total. The van der Waals surface area contributed by atoms with E-state index >= 15 is 0 Å². The van der Waals surface area contributed by atoms with Crippen molar-refractivity contribution in [3.8, 4) is 0 Å². The Bertz CT molecular complexity index is 217. The third kappa shape index (κ3) is 2.99. The number of allylic oxidation sites excluding steroid dienone is 3. The van der Waals surface area contributed by atoms with Crippen LogP contribution < -0.4 is 0 Å². The van der Waals surface area contributed by atoms with E-state index in [0.717, 1.165) is 11.8 Å². The summed E-state index contributed by atoms with van der Waals surface area (Å²) in [5, 5.41) is 0. The van der Waals surface area contributed by atoms with Crippen LogP contribution in [0.1, 0.15) is 64.2 Å². The summed E-state index contributed by atoms with van der Waals surface area (Å²) in [5.41, 5.74) is 1.76. The Morgan fingerprint density at radius 2 is 1.19 bits per heavy atom. The summed E-state index contributed by atoms with van der Waals surface area (Å²) >= 11 is 0. The molecule has 0 amide bonds. The Labute approximate surface area is 101 Å². The second-order valence-electron chi connectivity index (χ2n) is 5.57. The summed E-state index contributed by atoms with van der Waals surface area (Å²) in [6.45, 7) is 3.91. The standard InChI is InChI=1S/C16H26/c1-2-9-16(14-10-5-3-6-11-14)15-12-7-4-8-13-15/h2,9,14-15H,1,3-8,10-13H2. The molecule has 90 valence electrons. The van der Waals surface area contributed by atoms with Gasteiger partial charge in [0, 0.05) is 0 Å². The van der Waals surface area contributed by atoms with Gasteiger partial charge in [-0.2, -0.15) is 0 Å². The molecule has 0 aliphatic heterocycles. The maximum atomic E-state index is 3.91. The molecule has 2 saturated carbocycles. The molecule has 0 saturated heterocycles. The Morgan fingerprint density at radius 3 is 1.56 bits per heavy atom. The van der Waals surface area contributed by atoms with E-state index in [-0.39, 0.29) is 0 Å². The fourth-order valence-corrected chi connectivity index (χ4v) is 3.61. The lowest BCUT2D eigenvalue weighted by Crippen LogP contribution is -2.18. The molecular weight excluding hydrogens is 192 g/mol. The predicted octanol–water partition coefficient (Wildman–Crippen LogP) is 5.26. The highest BCUT2D eigenvalue weighted by molar-refractivity contribution is 5.18. The van der Waals surface area contributed by atoms with Gasteiger partial charge >= 0.3 is 0 Å². The van der Waals surface area contributed by atoms with E-state index in [1.165, 1.54) is 64.2 Å². The first-order valence-electron chi connectivity index (χ1n) is 7.24. The van der Waals surface area contributed by atoms with Crippen LogP contribution in [0.25, 0.3) is 0 Å². The summed E-state index contributed by atoms with van der Waals surface area (Å²) in [6, 6.07) is 0. The maximum Gasteiger partial charge on any atom is -0.0197 e. The molecule has 0 radical (unpaired) electrons. The summed E-state index contributed by atoms with van der Waals surface area (Å²) in [7, 11) is 0. The molecule has 0 spiro atoms. The van der Waals surface area contributed by atoms with E-state index in [4.69, 9.17) is 0 Å². The van der Waals surface area contributed by atoms with Crippen LogP contribution in [0.4, 0.5) is 0 Å². The smallest absolute Gasteiger partial charge is 0.0197 e. The highest BCUT2D eigenvalue weighted by Crippen LogP contribution is 2.39. The molecule has 2 aliphatic rings. The topological polar surface area (TPSA) is 0 Å². The molecule has 0 aromatic heterocycles. The average Bonchev–Trinajstić information content (AvgIpc) is 2.38. The van der Waals surface area contributed by atoms with E-state index in [2.05, 4.69) is 12.7 Å². The van der Waals surface area contributed by atoms with E-state index in [1.54, 1.807) is 5.57 Å². The first kappa shape index (κ1) is 12.0. The largest absolute Gasteiger partial charge is 0.0991 e. The van der Waals surface area contributed by atoms with Crippen LogP contribution in [0, 0.1) is 11.8 Å². The van der Waals surface area contributed by atoms with Gasteiger partial charge in [-0.25, -0.2) is 0 Å². The zero-order valence-electron chi connectivity index (χ0n) is 10.6. The van der Waals surface area contributed by atoms with Crippen LogP contribution in [0.2, 0.25) is 0 Å². The van der Waals surface area contributed by atoms with Crippen molar-refractivity contribution in [3.05, 3.63) is 24.3 Å². The lowest BCUT2D eigenvalue weighted by Gasteiger charge is -2.32. The minimum Gasteiger partial charge on any atom is -0.0991 e. The van der Waals surface area contributed by atoms with Crippen LogP contribution in [0.5, 0.6) is 0 Å². The van der Waals surface area contributed by atoms with Crippen LogP contribution >= 0.6 is 0 Å². The molecule has 2 fully saturated rings. The van der Waals surface area contributed by atoms with Crippen molar-refractivity contribution in [2.24, 2.45) is 11.8 Å². The van der Waals surface area contributed by atoms with E-state index < -0.39 is 0 Å². The van der Waals surface area contributed by atoms with E-state index in [0.29, 0.717) is 0 Å². The molecule has 2 aliphatic carbocycles. The highest BCUT2D eigenvalue weighted by atomic mass is 14.3. The van der Waals surface area contributed by atoms with Gasteiger partial charge in [-0.1, -0.05) is 62.8 Å². The van der Waals surface area contributed by atoms with Crippen molar-refractivity contribution in [1.82, 2.24) is 0 Å². The van der Waals surface area contributed by atoms with Crippen LogP contribution in [-0.2, 0) is 0 Å². The van der Waals surface area contributed by atoms with Gasteiger partial charge in [0.2, 0.25) is 0 Å². The molecule has 0 atom stereocenters. The van der Waals surface area contributed by atoms with Gasteiger partial charge in [-0.05, 0) is 37.5 Å². The first-order valence-corrected chi connectivity index (χ1v) is 7.24. The quantitative estimate of drug-likeness (QED) is 0.567. The van der Waals surface area contributed by atoms with E-state index in [9.17, 15) is 0 Å². The van der Waals surface area contributed by atoms with Gasteiger partial charge in [0.05, 0.1) is 0 Å². The van der Waals surface area contributed by atoms with Gasteiger partial charge in [0.15, 0.2) is 0 Å². The van der Waals surface area contributed by atoms with Crippen molar-refractivity contribution < 1.29 is 0 Å². The van der Waals surface area contributed by atoms with Gasteiger partial charge < -0.3 is 0 Å². The van der Waals surface area contributed by atoms with Crippen molar-refractivity contribution in [3.63, 3.8) is 0 Å². The van der Waals surface area contributed by atoms with Gasteiger partial charge in [0.1, 0.15) is 0 Å². The van der Waals surface area contributed by atoms with Crippen molar-refractivity contribution >= 4 is 0 Å². The molecule has 0 unspecified atom stereocenters. The molecule has 0 heteroatoms. The summed E-state index contributed by atoms with van der Waals surface area (Å²) < 4.78 is 0. The fraction of sp³-hybridized carbons (Fsp3) is 0.750. The molecule has 0 aromatic carbocycles. The molecule has 0 bridgehead atoms. The second kappa shape index (κ2) is 6.27. The lowest BCUT2D eigenvalue weighted by molar-refractivity contribution is 0.326. The zero-order chi connectivity index (χ0) is 11.2. The van der Waals surface area contributed by atoms with Gasteiger partial charge in [-0.3, -0.25) is 0 Å². The SMILES string of the molecule is C=CC=C(C1CCCCC1)C1CCCCC1. The maximum absolute atomic E-state index is 3.91. The molecule has 0 heterocycles. The molecule has 0 aromatic rings. The number of rotatable bonds is 3. The molecule has 2 rings (SSSR count). The van der Waals surface area contributed by atoms with E-state index in [1.807, 2.05) is 6.08 Å². The summed E-state index contributed by atoms with van der Waals surface area (Å²) in [4.78, 5) is 0. The minimum atomic E-state index is 0.898. The third-order valence-corrected chi connectivity index (χ3v) is 4.46. The lowest BCUT2D eigenvalue weighted by atomic mass is 9.73. The fourth-order valence-electron chi connectivity index (χ4n) is 3.61. The predicted molar refractivity (Wildman–Crippen MR) is 71.4 cm³/mol. The highest BCUT2D eigenvalue weighted by Gasteiger charge is 2.25. The summed E-state index contributed by atoms with van der Waals surface area (Å²) in [6.07, 6.45) is 18.9. The zero-order valence-corrected chi connectivity index (χ0v) is 10.6. The van der Waals surface area contributed by atoms with Crippen LogP contribution in [0.15, 0.2) is 24.3 Å². The van der Waals surface area contributed by atoms with Gasteiger partial charge in [-0.15, -0.1) is 0 Å². The first-order chi connectivity index (χ1) is 7.92. The number of hydrogen-bond donors (Lipinski definition) is 0. The molecule has 0 N–H and O–H groups in total. The summed E-state index contributed by atoms with van der Waals surface area (Å²) in [5.74, 6) is 1.80.